The Bertz CT molecular complexity index is 161. The largest absolute Gasteiger partial charge is 1.00 e. The fourth-order valence-corrected chi connectivity index (χ4v) is 1.28. The van der Waals surface area contributed by atoms with Gasteiger partial charge in [0.2, 0.25) is 0 Å². The third-order valence-corrected chi connectivity index (χ3v) is 3.60. The van der Waals surface area contributed by atoms with Gasteiger partial charge in [-0.2, -0.15) is 0 Å². The van der Waals surface area contributed by atoms with E-state index >= 15 is 0 Å². The fourth-order valence-electron chi connectivity index (χ4n) is 0.834. The molecule has 1 aliphatic carbocycles. The Morgan fingerprint density at radius 3 is 2.00 bits per heavy atom. The SMILES string of the molecule is CC1=[C]([Zr+2])C(C)C=C1.[Cl-].[Cl-]. The number of rotatable bonds is 0. The van der Waals surface area contributed by atoms with Crippen LogP contribution in [0.25, 0.3) is 0 Å². The predicted octanol–water partition coefficient (Wildman–Crippen LogP) is -3.98. The number of hydrogen-bond acceptors (Lipinski definition) is 0. The van der Waals surface area contributed by atoms with E-state index in [-0.39, 0.29) is 24.8 Å². The number of hydrogen-bond donors (Lipinski definition) is 0. The third kappa shape index (κ3) is 2.90. The molecule has 1 unspecified atom stereocenters. The fraction of sp³-hybridized carbons (Fsp3) is 0.429. The zero-order chi connectivity index (χ0) is 6.15. The van der Waals surface area contributed by atoms with Crippen molar-refractivity contribution in [3.05, 3.63) is 21.0 Å². The Morgan fingerprint density at radius 1 is 1.40 bits per heavy atom. The molecule has 1 rings (SSSR count). The first kappa shape index (κ1) is 13.5. The van der Waals surface area contributed by atoms with Crippen LogP contribution >= 0.6 is 0 Å². The molecule has 0 aromatic heterocycles. The topological polar surface area (TPSA) is 0 Å². The van der Waals surface area contributed by atoms with Crippen LogP contribution in [-0.2, 0) is 24.7 Å². The summed E-state index contributed by atoms with van der Waals surface area (Å²) in [5.74, 6) is 0.730. The van der Waals surface area contributed by atoms with Crippen molar-refractivity contribution in [3.63, 3.8) is 0 Å². The average molecular weight is 255 g/mol. The van der Waals surface area contributed by atoms with E-state index in [0.29, 0.717) is 0 Å². The quantitative estimate of drug-likeness (QED) is 0.414. The summed E-state index contributed by atoms with van der Waals surface area (Å²) in [6.45, 7) is 4.43. The van der Waals surface area contributed by atoms with Gasteiger partial charge in [-0.05, 0) is 0 Å². The van der Waals surface area contributed by atoms with Gasteiger partial charge >= 0.3 is 65.5 Å². The maximum atomic E-state index is 2.26. The first-order valence-corrected chi connectivity index (χ1v) is 4.05. The monoisotopic (exact) mass is 253 g/mol. The normalized spacial score (nSPS) is 22.2. The van der Waals surface area contributed by atoms with Crippen LogP contribution in [0.1, 0.15) is 13.8 Å². The van der Waals surface area contributed by atoms with Crippen LogP contribution in [0.5, 0.6) is 0 Å². The Balaban J connectivity index is 0. The average Bonchev–Trinajstić information content (AvgIpc) is 1.98. The molecule has 10 heavy (non-hydrogen) atoms. The second kappa shape index (κ2) is 5.58. The Hall–Kier alpha value is 0.943. The van der Waals surface area contributed by atoms with Crippen LogP contribution in [-0.4, -0.2) is 0 Å². The van der Waals surface area contributed by atoms with Crippen molar-refractivity contribution < 1.29 is 49.5 Å². The van der Waals surface area contributed by atoms with Crippen molar-refractivity contribution in [2.45, 2.75) is 13.8 Å². The van der Waals surface area contributed by atoms with Crippen LogP contribution in [0.3, 0.4) is 0 Å². The van der Waals surface area contributed by atoms with Crippen LogP contribution in [0.15, 0.2) is 21.0 Å². The second-order valence-electron chi connectivity index (χ2n) is 2.24. The molecule has 0 saturated carbocycles. The maximum Gasteiger partial charge on any atom is -1.00 e. The Morgan fingerprint density at radius 2 is 1.90 bits per heavy atom. The van der Waals surface area contributed by atoms with Gasteiger partial charge in [-0.1, -0.05) is 0 Å². The molecule has 1 atom stereocenters. The zero-order valence-corrected chi connectivity index (χ0v) is 9.96. The molecule has 0 heterocycles. The van der Waals surface area contributed by atoms with Crippen molar-refractivity contribution in [1.82, 2.24) is 0 Å². The van der Waals surface area contributed by atoms with Gasteiger partial charge in [-0.25, -0.2) is 0 Å². The first-order valence-electron chi connectivity index (χ1n) is 2.82. The van der Waals surface area contributed by atoms with Crippen molar-refractivity contribution in [2.24, 2.45) is 5.92 Å². The molecule has 0 amide bonds. The van der Waals surface area contributed by atoms with Gasteiger partial charge in [0.1, 0.15) is 0 Å². The van der Waals surface area contributed by atoms with E-state index in [1.807, 2.05) is 0 Å². The molecule has 0 N–H and O–H groups in total. The molecule has 55 valence electrons. The zero-order valence-electron chi connectivity index (χ0n) is 5.99. The minimum atomic E-state index is 0. The maximum absolute atomic E-state index is 2.26. The van der Waals surface area contributed by atoms with E-state index < -0.39 is 0 Å². The molecule has 0 bridgehead atoms. The predicted molar refractivity (Wildman–Crippen MR) is 31.0 cm³/mol. The minimum absolute atomic E-state index is 0. The standard InChI is InChI=1S/C7H9.2ClH.Zr/c1-6-3-4-7(2)5-6;;;/h3-4,6H,1-2H3;2*1H;/q;;;+2/p-2. The third-order valence-electron chi connectivity index (χ3n) is 1.52. The van der Waals surface area contributed by atoms with Gasteiger partial charge in [0.25, 0.3) is 0 Å². The number of halogens is 2. The molecule has 0 aromatic rings. The Kier molecular flexibility index (Phi) is 7.54. The van der Waals surface area contributed by atoms with Crippen molar-refractivity contribution in [3.8, 4) is 0 Å². The van der Waals surface area contributed by atoms with E-state index in [1.165, 1.54) is 5.57 Å². The smallest absolute Gasteiger partial charge is 1.00 e. The van der Waals surface area contributed by atoms with E-state index in [1.54, 1.807) is 28.0 Å². The van der Waals surface area contributed by atoms with Gasteiger partial charge < -0.3 is 24.8 Å². The van der Waals surface area contributed by atoms with E-state index in [2.05, 4.69) is 26.0 Å². The molecule has 3 heteroatoms. The molecule has 0 aliphatic heterocycles. The van der Waals surface area contributed by atoms with Crippen molar-refractivity contribution in [2.75, 3.05) is 0 Å². The van der Waals surface area contributed by atoms with Crippen LogP contribution in [0, 0.1) is 5.92 Å². The minimum Gasteiger partial charge on any atom is -1.00 e. The van der Waals surface area contributed by atoms with Gasteiger partial charge in [0.05, 0.1) is 0 Å². The van der Waals surface area contributed by atoms with Gasteiger partial charge in [0, 0.05) is 0 Å². The summed E-state index contributed by atoms with van der Waals surface area (Å²) < 4.78 is 1.61. The van der Waals surface area contributed by atoms with Crippen molar-refractivity contribution >= 4 is 0 Å². The van der Waals surface area contributed by atoms with Crippen molar-refractivity contribution in [1.29, 1.82) is 0 Å². The molecule has 0 nitrogen and oxygen atoms in total. The molecular weight excluding hydrogens is 246 g/mol. The molecule has 0 aromatic carbocycles. The summed E-state index contributed by atoms with van der Waals surface area (Å²) >= 11 is 1.57. The van der Waals surface area contributed by atoms with E-state index in [4.69, 9.17) is 0 Å². The van der Waals surface area contributed by atoms with Gasteiger partial charge in [0.15, 0.2) is 0 Å². The summed E-state index contributed by atoms with van der Waals surface area (Å²) in [6.07, 6.45) is 4.48. The summed E-state index contributed by atoms with van der Waals surface area (Å²) in [5.41, 5.74) is 1.48. The van der Waals surface area contributed by atoms with Crippen LogP contribution in [0.4, 0.5) is 0 Å². The summed E-state index contributed by atoms with van der Waals surface area (Å²) in [7, 11) is 0. The van der Waals surface area contributed by atoms with Gasteiger partial charge in [-0.15, -0.1) is 0 Å². The molecule has 1 aliphatic rings. The number of allylic oxidation sites excluding steroid dienone is 4. The second-order valence-corrected chi connectivity index (χ2v) is 3.57. The van der Waals surface area contributed by atoms with Crippen LogP contribution < -0.4 is 24.8 Å². The molecular formula is C7H9Cl2Zr. The van der Waals surface area contributed by atoms with E-state index in [9.17, 15) is 0 Å². The summed E-state index contributed by atoms with van der Waals surface area (Å²) in [4.78, 5) is 0. The van der Waals surface area contributed by atoms with Gasteiger partial charge in [-0.3, -0.25) is 0 Å². The summed E-state index contributed by atoms with van der Waals surface area (Å²) in [5, 5.41) is 0. The first-order chi connectivity index (χ1) is 3.72. The molecule has 0 radical (unpaired) electrons. The molecule has 0 spiro atoms. The summed E-state index contributed by atoms with van der Waals surface area (Å²) in [6, 6.07) is 0. The van der Waals surface area contributed by atoms with E-state index in [0.717, 1.165) is 5.92 Å². The molecule has 0 fully saturated rings. The Labute approximate surface area is 89.8 Å². The molecule has 0 saturated heterocycles. The van der Waals surface area contributed by atoms with Crippen LogP contribution in [0.2, 0.25) is 0 Å².